The minimum Gasteiger partial charge on any atom is -0.244 e. The predicted octanol–water partition coefficient (Wildman–Crippen LogP) is 2.46. The monoisotopic (exact) mass is 322 g/mol. The normalized spacial score (nSPS) is 10.7. The van der Waals surface area contributed by atoms with Crippen molar-refractivity contribution in [3.05, 3.63) is 14.6 Å². The molecule has 13 heavy (non-hydrogen) atoms. The largest absolute Gasteiger partial charge is 0.244 e. The van der Waals surface area contributed by atoms with E-state index in [0.717, 1.165) is 19.9 Å². The first-order valence-electron chi connectivity index (χ1n) is 3.35. The van der Waals surface area contributed by atoms with Gasteiger partial charge in [-0.1, -0.05) is 5.21 Å². The van der Waals surface area contributed by atoms with Crippen LogP contribution in [-0.2, 0) is 7.05 Å². The zero-order valence-electron chi connectivity index (χ0n) is 6.53. The minimum absolute atomic E-state index is 0.719. The summed E-state index contributed by atoms with van der Waals surface area (Å²) in [6.45, 7) is 0. The van der Waals surface area contributed by atoms with E-state index in [4.69, 9.17) is 0 Å². The maximum Gasteiger partial charge on any atom is 0.158 e. The third-order valence-electron chi connectivity index (χ3n) is 1.46. The second-order valence-electron chi connectivity index (χ2n) is 2.33. The molecule has 0 saturated heterocycles. The summed E-state index contributed by atoms with van der Waals surface area (Å²) in [6.07, 6.45) is 0. The summed E-state index contributed by atoms with van der Waals surface area (Å²) in [5.74, 6) is 0. The van der Waals surface area contributed by atoms with Crippen molar-refractivity contribution in [1.29, 1.82) is 0 Å². The van der Waals surface area contributed by atoms with Gasteiger partial charge in [-0.15, -0.1) is 16.4 Å². The maximum absolute atomic E-state index is 4.28. The Morgan fingerprint density at radius 3 is 2.69 bits per heavy atom. The van der Waals surface area contributed by atoms with E-state index in [1.165, 1.54) is 0 Å². The van der Waals surface area contributed by atoms with Gasteiger partial charge >= 0.3 is 0 Å². The Hall–Kier alpha value is -0.270. The van der Waals surface area contributed by atoms with Gasteiger partial charge in [0.25, 0.3) is 0 Å². The average molecular weight is 324 g/mol. The summed E-state index contributed by atoms with van der Waals surface area (Å²) < 4.78 is 3.24. The molecule has 2 aromatic heterocycles. The number of hydrogen-bond acceptors (Lipinski definition) is 4. The third-order valence-corrected chi connectivity index (χ3v) is 3.56. The molecule has 7 heteroatoms. The van der Waals surface area contributed by atoms with Gasteiger partial charge in [0.05, 0.1) is 0 Å². The first-order chi connectivity index (χ1) is 6.18. The number of rotatable bonds is 1. The molecule has 2 rings (SSSR count). The predicted molar refractivity (Wildman–Crippen MR) is 57.5 cm³/mol. The zero-order valence-corrected chi connectivity index (χ0v) is 10.5. The topological polar surface area (TPSA) is 43.6 Å². The minimum atomic E-state index is 0.719. The number of halogens is 2. The van der Waals surface area contributed by atoms with Crippen molar-refractivity contribution < 1.29 is 0 Å². The Bertz CT molecular complexity index is 416. The second kappa shape index (κ2) is 3.47. The van der Waals surface area contributed by atoms with Gasteiger partial charge in [0.15, 0.2) is 4.60 Å². The first-order valence-corrected chi connectivity index (χ1v) is 5.81. The summed E-state index contributed by atoms with van der Waals surface area (Å²) >= 11 is 8.17. The molecule has 0 saturated carbocycles. The molecule has 0 aliphatic carbocycles. The zero-order chi connectivity index (χ0) is 9.42. The van der Waals surface area contributed by atoms with E-state index >= 15 is 0 Å². The molecule has 0 spiro atoms. The second-order valence-corrected chi connectivity index (χ2v) is 4.75. The Morgan fingerprint density at radius 2 is 2.23 bits per heavy atom. The fourth-order valence-electron chi connectivity index (χ4n) is 0.922. The molecule has 0 N–H and O–H groups in total. The van der Waals surface area contributed by atoms with E-state index in [2.05, 4.69) is 47.2 Å². The van der Waals surface area contributed by atoms with Crippen LogP contribution in [0.25, 0.3) is 10.7 Å². The van der Waals surface area contributed by atoms with Crippen molar-refractivity contribution in [2.75, 3.05) is 0 Å². The maximum atomic E-state index is 4.28. The van der Waals surface area contributed by atoms with Crippen molar-refractivity contribution in [2.45, 2.75) is 0 Å². The SMILES string of the molecule is Cn1nnc(Br)c1-c1nc(Br)cs1. The number of aromatic nitrogens is 4. The molecule has 0 aliphatic heterocycles. The lowest BCUT2D eigenvalue weighted by atomic mass is 10.5. The number of hydrogen-bond donors (Lipinski definition) is 0. The average Bonchev–Trinajstić information content (AvgIpc) is 2.60. The van der Waals surface area contributed by atoms with Crippen LogP contribution in [-0.4, -0.2) is 20.0 Å². The van der Waals surface area contributed by atoms with Gasteiger partial charge in [-0.3, -0.25) is 0 Å². The highest BCUT2D eigenvalue weighted by Crippen LogP contribution is 2.29. The van der Waals surface area contributed by atoms with Crippen LogP contribution >= 0.6 is 43.2 Å². The lowest BCUT2D eigenvalue weighted by Crippen LogP contribution is -1.93. The Labute approximate surface area is 95.2 Å². The third kappa shape index (κ3) is 1.68. The smallest absolute Gasteiger partial charge is 0.158 e. The molecule has 0 amide bonds. The van der Waals surface area contributed by atoms with Crippen LogP contribution < -0.4 is 0 Å². The molecule has 0 radical (unpaired) electrons. The number of nitrogens with zero attached hydrogens (tertiary/aromatic N) is 4. The van der Waals surface area contributed by atoms with Gasteiger partial charge in [-0.2, -0.15) is 0 Å². The quantitative estimate of drug-likeness (QED) is 0.809. The highest BCUT2D eigenvalue weighted by molar-refractivity contribution is 9.10. The van der Waals surface area contributed by atoms with Crippen LogP contribution in [0.4, 0.5) is 0 Å². The highest BCUT2D eigenvalue weighted by Gasteiger charge is 2.13. The molecule has 0 aliphatic rings. The van der Waals surface area contributed by atoms with Crippen LogP contribution in [0.3, 0.4) is 0 Å². The summed E-state index contributed by atoms with van der Waals surface area (Å²) in [7, 11) is 1.84. The van der Waals surface area contributed by atoms with E-state index in [9.17, 15) is 0 Å². The van der Waals surface area contributed by atoms with Crippen molar-refractivity contribution in [2.24, 2.45) is 7.05 Å². The Balaban J connectivity index is 2.57. The van der Waals surface area contributed by atoms with E-state index in [-0.39, 0.29) is 0 Å². The molecule has 0 bridgehead atoms. The molecule has 68 valence electrons. The summed E-state index contributed by atoms with van der Waals surface area (Å²) in [5.41, 5.74) is 0.899. The molecule has 0 atom stereocenters. The lowest BCUT2D eigenvalue weighted by molar-refractivity contribution is 0.719. The van der Waals surface area contributed by atoms with Crippen molar-refractivity contribution in [1.82, 2.24) is 20.0 Å². The molecular formula is C6H4Br2N4S. The molecule has 2 aromatic rings. The number of aryl methyl sites for hydroxylation is 1. The van der Waals surface area contributed by atoms with Crippen LogP contribution in [0, 0.1) is 0 Å². The van der Waals surface area contributed by atoms with E-state index in [1.54, 1.807) is 16.0 Å². The van der Waals surface area contributed by atoms with Gasteiger partial charge < -0.3 is 0 Å². The summed E-state index contributed by atoms with van der Waals surface area (Å²) in [4.78, 5) is 4.28. The molecule has 2 heterocycles. The van der Waals surface area contributed by atoms with E-state index in [1.807, 2.05) is 12.4 Å². The number of thiazole rings is 1. The van der Waals surface area contributed by atoms with Crippen LogP contribution in [0.1, 0.15) is 0 Å². The van der Waals surface area contributed by atoms with Crippen LogP contribution in [0.2, 0.25) is 0 Å². The molecule has 0 unspecified atom stereocenters. The molecule has 0 fully saturated rings. The van der Waals surface area contributed by atoms with Crippen LogP contribution in [0.15, 0.2) is 14.6 Å². The van der Waals surface area contributed by atoms with Crippen molar-refractivity contribution in [3.8, 4) is 10.7 Å². The van der Waals surface area contributed by atoms with Crippen molar-refractivity contribution >= 4 is 43.2 Å². The van der Waals surface area contributed by atoms with Gasteiger partial charge in [0.2, 0.25) is 0 Å². The Morgan fingerprint density at radius 1 is 1.46 bits per heavy atom. The summed E-state index contributed by atoms with van der Waals surface area (Å²) in [5, 5.41) is 10.6. The summed E-state index contributed by atoms with van der Waals surface area (Å²) in [6, 6.07) is 0. The van der Waals surface area contributed by atoms with E-state index in [0.29, 0.717) is 0 Å². The van der Waals surface area contributed by atoms with Gasteiger partial charge in [-0.05, 0) is 31.9 Å². The molecular weight excluding hydrogens is 320 g/mol. The van der Waals surface area contributed by atoms with Gasteiger partial charge in [0, 0.05) is 12.4 Å². The molecule has 0 aromatic carbocycles. The van der Waals surface area contributed by atoms with Crippen LogP contribution in [0.5, 0.6) is 0 Å². The van der Waals surface area contributed by atoms with Gasteiger partial charge in [0.1, 0.15) is 15.3 Å². The Kier molecular flexibility index (Phi) is 2.48. The lowest BCUT2D eigenvalue weighted by Gasteiger charge is -1.94. The van der Waals surface area contributed by atoms with Gasteiger partial charge in [-0.25, -0.2) is 9.67 Å². The fraction of sp³-hybridized carbons (Fsp3) is 0.167. The standard InChI is InChI=1S/C6H4Br2N4S/c1-12-4(5(8)10-11-12)6-9-3(7)2-13-6/h2H,1H3. The fourth-order valence-corrected chi connectivity index (χ4v) is 2.90. The highest BCUT2D eigenvalue weighted by atomic mass is 79.9. The first kappa shape index (κ1) is 9.29. The van der Waals surface area contributed by atoms with E-state index < -0.39 is 0 Å². The molecule has 4 nitrogen and oxygen atoms in total. The van der Waals surface area contributed by atoms with Crippen molar-refractivity contribution in [3.63, 3.8) is 0 Å².